The number of allylic oxidation sites excluding steroid dienone is 1. The van der Waals surface area contributed by atoms with Crippen molar-refractivity contribution in [2.24, 2.45) is 0 Å². The van der Waals surface area contributed by atoms with Crippen LogP contribution in [0.3, 0.4) is 0 Å². The minimum Gasteiger partial charge on any atom is -1.00 e. The van der Waals surface area contributed by atoms with Crippen LogP contribution >= 0.6 is 0 Å². The Morgan fingerprint density at radius 1 is 0.952 bits per heavy atom. The molecule has 0 bridgehead atoms. The first kappa shape index (κ1) is 14.8. The quantitative estimate of drug-likeness (QED) is 0.408. The molecule has 1 nitrogen and oxygen atoms in total. The average Bonchev–Trinajstić information content (AvgIpc) is 2.86. The van der Waals surface area contributed by atoms with Crippen LogP contribution in [0.1, 0.15) is 23.5 Å². The minimum absolute atomic E-state index is 0. The van der Waals surface area contributed by atoms with Gasteiger partial charge in [0.15, 0.2) is 0 Å². The number of nitrogens with zero attached hydrogens (tertiary/aromatic N) is 1. The molecule has 106 valence electrons. The molecule has 1 aliphatic heterocycles. The molecule has 0 spiro atoms. The number of aryl methyl sites for hydroxylation is 1. The molecule has 0 saturated heterocycles. The third-order valence-electron chi connectivity index (χ3n) is 4.02. The van der Waals surface area contributed by atoms with Crippen LogP contribution in [0.4, 0.5) is 0 Å². The molecule has 0 aliphatic carbocycles. The van der Waals surface area contributed by atoms with E-state index in [-0.39, 0.29) is 17.0 Å². The van der Waals surface area contributed by atoms with E-state index in [0.29, 0.717) is 14.5 Å². The second kappa shape index (κ2) is 5.92. The number of fused-ring (bicyclic) bond motifs is 3. The molecule has 0 fully saturated rings. The van der Waals surface area contributed by atoms with Gasteiger partial charge in [0.25, 0.3) is 0 Å². The molecule has 0 unspecified atom stereocenters. The van der Waals surface area contributed by atoms with Gasteiger partial charge in [0.2, 0.25) is 0 Å². The first-order valence-corrected chi connectivity index (χ1v) is 8.73. The summed E-state index contributed by atoms with van der Waals surface area (Å²) in [6.45, 7) is 3.43. The Morgan fingerprint density at radius 3 is 2.48 bits per heavy atom. The van der Waals surface area contributed by atoms with Crippen LogP contribution in [0.15, 0.2) is 60.2 Å². The van der Waals surface area contributed by atoms with Gasteiger partial charge >= 0.3 is 125 Å². The van der Waals surface area contributed by atoms with Crippen LogP contribution in [0.25, 0.3) is 15.3 Å². The van der Waals surface area contributed by atoms with Gasteiger partial charge in [0, 0.05) is 0 Å². The summed E-state index contributed by atoms with van der Waals surface area (Å²) in [5.41, 5.74) is 5.84. The van der Waals surface area contributed by atoms with Crippen LogP contribution < -0.4 is 21.5 Å². The molecule has 3 heteroatoms. The van der Waals surface area contributed by atoms with Crippen molar-refractivity contribution in [2.75, 3.05) is 0 Å². The smallest absolute Gasteiger partial charge is 1.00 e. The Kier molecular flexibility index (Phi) is 4.16. The van der Waals surface area contributed by atoms with Crippen LogP contribution in [-0.4, -0.2) is 14.5 Å². The summed E-state index contributed by atoms with van der Waals surface area (Å²) < 4.78 is 5.62. The molecular weight excluding hydrogens is 389 g/mol. The van der Waals surface area contributed by atoms with Crippen LogP contribution in [0, 0.1) is 0 Å². The monoisotopic (exact) mass is 405 g/mol. The Balaban J connectivity index is 0.00000132. The van der Waals surface area contributed by atoms with Crippen molar-refractivity contribution in [1.29, 1.82) is 0 Å². The zero-order valence-electron chi connectivity index (χ0n) is 11.8. The molecular formula is C18H16BrNSe. The van der Waals surface area contributed by atoms with Gasteiger partial charge in [-0.2, -0.15) is 0 Å². The standard InChI is InChI=1S/C18H16NSe.BrH/c1-13-11-12-19-15-9-5-6-10-16(15)20-18(19)17(13)14-7-3-2-4-8-14;/h2-10H,11-12H2,1H3;1H/q+1;/p-1. The number of hydrogen-bond donors (Lipinski definition) is 0. The van der Waals surface area contributed by atoms with Crippen molar-refractivity contribution < 1.29 is 21.5 Å². The van der Waals surface area contributed by atoms with Crippen molar-refractivity contribution in [1.82, 2.24) is 0 Å². The predicted octanol–water partition coefficient (Wildman–Crippen LogP) is 0.414. The largest absolute Gasteiger partial charge is 1.00 e. The van der Waals surface area contributed by atoms with Gasteiger partial charge in [0.05, 0.1) is 0 Å². The number of hydrogen-bond acceptors (Lipinski definition) is 0. The van der Waals surface area contributed by atoms with Crippen molar-refractivity contribution in [3.05, 3.63) is 70.3 Å². The van der Waals surface area contributed by atoms with Crippen molar-refractivity contribution in [3.8, 4) is 0 Å². The van der Waals surface area contributed by atoms with Gasteiger partial charge in [0.1, 0.15) is 0 Å². The molecule has 4 rings (SSSR count). The minimum atomic E-state index is 0. The fourth-order valence-electron chi connectivity index (χ4n) is 3.00. The third-order valence-corrected chi connectivity index (χ3v) is 6.50. The Morgan fingerprint density at radius 2 is 1.67 bits per heavy atom. The maximum atomic E-state index is 2.55. The van der Waals surface area contributed by atoms with Crippen molar-refractivity contribution >= 4 is 29.9 Å². The number of rotatable bonds is 1. The second-order valence-corrected chi connectivity index (χ2v) is 7.46. The van der Waals surface area contributed by atoms with E-state index in [9.17, 15) is 0 Å². The van der Waals surface area contributed by atoms with Gasteiger partial charge in [-0.15, -0.1) is 0 Å². The topological polar surface area (TPSA) is 3.88 Å². The van der Waals surface area contributed by atoms with E-state index in [0.717, 1.165) is 13.0 Å². The average molecular weight is 405 g/mol. The van der Waals surface area contributed by atoms with E-state index in [1.165, 1.54) is 26.5 Å². The molecule has 1 aliphatic rings. The molecule has 3 aromatic rings. The van der Waals surface area contributed by atoms with Gasteiger partial charge in [-0.3, -0.25) is 0 Å². The molecule has 21 heavy (non-hydrogen) atoms. The van der Waals surface area contributed by atoms with E-state index < -0.39 is 0 Å². The molecule has 2 heterocycles. The Bertz CT molecular complexity index is 818. The Labute approximate surface area is 141 Å². The number of halogens is 1. The summed E-state index contributed by atoms with van der Waals surface area (Å²) in [6.07, 6.45) is 1.16. The summed E-state index contributed by atoms with van der Waals surface area (Å²) in [6, 6.07) is 19.8. The molecule has 0 saturated carbocycles. The summed E-state index contributed by atoms with van der Waals surface area (Å²) in [7, 11) is 0. The Hall–Kier alpha value is -1.15. The van der Waals surface area contributed by atoms with Crippen LogP contribution in [0.2, 0.25) is 0 Å². The van der Waals surface area contributed by atoms with Gasteiger partial charge < -0.3 is 17.0 Å². The summed E-state index contributed by atoms with van der Waals surface area (Å²) in [5.74, 6) is 0. The predicted molar refractivity (Wildman–Crippen MR) is 83.8 cm³/mol. The maximum Gasteiger partial charge on any atom is -1.00 e. The number of para-hydroxylation sites is 1. The first-order valence-electron chi connectivity index (χ1n) is 7.01. The first-order chi connectivity index (χ1) is 9.84. The summed E-state index contributed by atoms with van der Waals surface area (Å²) >= 11 is 0.434. The molecule has 1 aromatic heterocycles. The number of benzene rings is 2. The van der Waals surface area contributed by atoms with E-state index >= 15 is 0 Å². The van der Waals surface area contributed by atoms with E-state index in [1.54, 1.807) is 4.57 Å². The zero-order valence-corrected chi connectivity index (χ0v) is 15.1. The summed E-state index contributed by atoms with van der Waals surface area (Å²) in [5, 5.41) is 0. The van der Waals surface area contributed by atoms with Gasteiger partial charge in [-0.05, 0) is 0 Å². The molecule has 0 amide bonds. The normalized spacial score (nSPS) is 14.0. The SMILES string of the molecule is CC1=C(c2ccccc2)c2[se]c3ccccc3[n+]2CC1.[Br-]. The van der Waals surface area contributed by atoms with Crippen LogP contribution in [0.5, 0.6) is 0 Å². The zero-order chi connectivity index (χ0) is 13.5. The molecule has 0 N–H and O–H groups in total. The molecule has 2 aromatic carbocycles. The fraction of sp³-hybridized carbons (Fsp3) is 0.167. The van der Waals surface area contributed by atoms with Gasteiger partial charge in [-0.25, -0.2) is 0 Å². The molecule has 0 radical (unpaired) electrons. The van der Waals surface area contributed by atoms with Gasteiger partial charge in [-0.1, -0.05) is 0 Å². The second-order valence-electron chi connectivity index (χ2n) is 5.30. The van der Waals surface area contributed by atoms with Crippen molar-refractivity contribution in [2.45, 2.75) is 19.9 Å². The fourth-order valence-corrected chi connectivity index (χ4v) is 5.80. The maximum absolute atomic E-state index is 2.55. The number of aromatic nitrogens is 1. The summed E-state index contributed by atoms with van der Waals surface area (Å²) in [4.78, 5) is 0. The van der Waals surface area contributed by atoms with E-state index in [4.69, 9.17) is 0 Å². The molecule has 0 atom stereocenters. The van der Waals surface area contributed by atoms with E-state index in [2.05, 4.69) is 66.1 Å². The van der Waals surface area contributed by atoms with Crippen LogP contribution in [-0.2, 0) is 6.54 Å². The van der Waals surface area contributed by atoms with Crippen molar-refractivity contribution in [3.63, 3.8) is 0 Å². The van der Waals surface area contributed by atoms with E-state index in [1.807, 2.05) is 0 Å². The third kappa shape index (κ3) is 2.44.